The number of fused-ring (bicyclic) bond motifs is 2. The van der Waals surface area contributed by atoms with Crippen molar-refractivity contribution in [2.75, 3.05) is 0 Å². The van der Waals surface area contributed by atoms with Crippen molar-refractivity contribution in [3.05, 3.63) is 162 Å². The molecule has 0 saturated heterocycles. The highest BCUT2D eigenvalue weighted by Crippen LogP contribution is 2.46. The van der Waals surface area contributed by atoms with Gasteiger partial charge in [0.2, 0.25) is 0 Å². The Hall–Kier alpha value is -5.04. The van der Waals surface area contributed by atoms with E-state index >= 15 is 0 Å². The monoisotopic (exact) mass is 669 g/mol. The maximum absolute atomic E-state index is 11.7. The highest BCUT2D eigenvalue weighted by molar-refractivity contribution is 7.80. The first-order valence-corrected chi connectivity index (χ1v) is 18.7. The van der Waals surface area contributed by atoms with E-state index in [1.165, 1.54) is 37.8 Å². The molecule has 2 nitrogen and oxygen atoms in total. The molecular weight excluding hydrogens is 625 g/mol. The van der Waals surface area contributed by atoms with Crippen molar-refractivity contribution < 1.29 is 5.11 Å². The zero-order valence-corrected chi connectivity index (χ0v) is 30.7. The lowest BCUT2D eigenvalue weighted by molar-refractivity contribution is 0.444. The van der Waals surface area contributed by atoms with Crippen LogP contribution < -0.4 is 15.9 Å². The summed E-state index contributed by atoms with van der Waals surface area (Å²) in [5.41, 5.74) is 5.69. The fourth-order valence-electron chi connectivity index (χ4n) is 6.82. The van der Waals surface area contributed by atoms with E-state index in [0.29, 0.717) is 5.75 Å². The summed E-state index contributed by atoms with van der Waals surface area (Å²) in [6, 6.07) is 52.3. The van der Waals surface area contributed by atoms with Gasteiger partial charge in [-0.2, -0.15) is 0 Å². The Morgan fingerprint density at radius 2 is 1.06 bits per heavy atom. The van der Waals surface area contributed by atoms with Crippen LogP contribution in [0.4, 0.5) is 5.69 Å². The van der Waals surface area contributed by atoms with Gasteiger partial charge in [-0.3, -0.25) is 4.99 Å². The summed E-state index contributed by atoms with van der Waals surface area (Å²) in [7, 11) is -0.916. The lowest BCUT2D eigenvalue weighted by atomic mass is 9.79. The van der Waals surface area contributed by atoms with E-state index in [1.807, 2.05) is 6.21 Å². The maximum Gasteiger partial charge on any atom is 0.128 e. The van der Waals surface area contributed by atoms with Crippen molar-refractivity contribution in [2.45, 2.75) is 52.4 Å². The molecule has 0 radical (unpaired) electrons. The largest absolute Gasteiger partial charge is 0.507 e. The molecule has 0 amide bonds. The first kappa shape index (κ1) is 33.5. The van der Waals surface area contributed by atoms with Crippen molar-refractivity contribution in [2.24, 2.45) is 4.99 Å². The van der Waals surface area contributed by atoms with Crippen LogP contribution in [0.15, 0.2) is 151 Å². The van der Waals surface area contributed by atoms with Crippen LogP contribution in [0.25, 0.3) is 32.7 Å². The van der Waals surface area contributed by atoms with E-state index < -0.39 is 7.92 Å². The fraction of sp³-hybridized carbons (Fsp3) is 0.170. The number of aromatic hydroxyl groups is 1. The number of aliphatic imine (C=N–C) groups is 1. The second-order valence-electron chi connectivity index (χ2n) is 15.1. The zero-order valence-electron chi connectivity index (χ0n) is 29.8. The van der Waals surface area contributed by atoms with E-state index in [2.05, 4.69) is 187 Å². The SMILES string of the molecule is CC(C)(C)c1cc(C=Nc2ccc3ccccc3c2-c2c(P(c3ccccc3)c3ccccc3)ccc3ccccc23)c(O)c(C(C)(C)C)c1. The highest BCUT2D eigenvalue weighted by atomic mass is 31.1. The predicted octanol–water partition coefficient (Wildman–Crippen LogP) is 11.5. The summed E-state index contributed by atoms with van der Waals surface area (Å²) in [5.74, 6) is 0.291. The normalized spacial score (nSPS) is 12.4. The molecule has 0 aliphatic heterocycles. The molecule has 0 unspecified atom stereocenters. The number of hydrogen-bond donors (Lipinski definition) is 1. The molecule has 0 heterocycles. The van der Waals surface area contributed by atoms with E-state index in [0.717, 1.165) is 33.2 Å². The first-order valence-electron chi connectivity index (χ1n) is 17.4. The summed E-state index contributed by atoms with van der Waals surface area (Å²) in [6.07, 6.45) is 1.87. The van der Waals surface area contributed by atoms with E-state index in [9.17, 15) is 5.11 Å². The van der Waals surface area contributed by atoms with Crippen LogP contribution >= 0.6 is 7.92 Å². The number of nitrogens with zero attached hydrogens (tertiary/aromatic N) is 1. The Morgan fingerprint density at radius 1 is 0.540 bits per heavy atom. The second-order valence-corrected chi connectivity index (χ2v) is 17.3. The summed E-state index contributed by atoms with van der Waals surface area (Å²) < 4.78 is 0. The Morgan fingerprint density at radius 3 is 1.62 bits per heavy atom. The average Bonchev–Trinajstić information content (AvgIpc) is 3.11. The lowest BCUT2D eigenvalue weighted by Crippen LogP contribution is -2.22. The van der Waals surface area contributed by atoms with Gasteiger partial charge in [-0.15, -0.1) is 0 Å². The van der Waals surface area contributed by atoms with Gasteiger partial charge in [0.1, 0.15) is 5.75 Å². The number of hydrogen-bond acceptors (Lipinski definition) is 2. The van der Waals surface area contributed by atoms with E-state index in [1.54, 1.807) is 0 Å². The summed E-state index contributed by atoms with van der Waals surface area (Å²) in [5, 5.41) is 20.3. The summed E-state index contributed by atoms with van der Waals surface area (Å²) in [6.45, 7) is 13.1. The third-order valence-electron chi connectivity index (χ3n) is 9.49. The third-order valence-corrected chi connectivity index (χ3v) is 12.0. The Labute approximate surface area is 297 Å². The molecule has 7 aromatic rings. The van der Waals surface area contributed by atoms with Gasteiger partial charge in [0, 0.05) is 28.5 Å². The van der Waals surface area contributed by atoms with Gasteiger partial charge < -0.3 is 5.11 Å². The molecule has 0 aliphatic carbocycles. The van der Waals surface area contributed by atoms with E-state index in [-0.39, 0.29) is 10.8 Å². The fourth-order valence-corrected chi connectivity index (χ4v) is 9.29. The van der Waals surface area contributed by atoms with Crippen molar-refractivity contribution >= 4 is 57.3 Å². The number of phenols is 1. The van der Waals surface area contributed by atoms with Crippen LogP contribution in [0.2, 0.25) is 0 Å². The van der Waals surface area contributed by atoms with Crippen LogP contribution in [-0.4, -0.2) is 11.3 Å². The molecule has 7 rings (SSSR count). The van der Waals surface area contributed by atoms with Gasteiger partial charge in [-0.1, -0.05) is 175 Å². The van der Waals surface area contributed by atoms with Gasteiger partial charge >= 0.3 is 0 Å². The standard InChI is InChI=1S/C47H44NOP/c1-46(2,3)35-29-34(45(49)40(30-35)47(4,5)6)31-48-41-27-25-32-17-13-15-23-38(32)43(41)44-39-24-16-14-18-33(39)26-28-42(44)50(36-19-9-7-10-20-36)37-21-11-8-12-22-37/h7-31,49H,1-6H3. The summed E-state index contributed by atoms with van der Waals surface area (Å²) >= 11 is 0. The van der Waals surface area contributed by atoms with Gasteiger partial charge in [0.05, 0.1) is 5.69 Å². The Bertz CT molecular complexity index is 2310. The quantitative estimate of drug-likeness (QED) is 0.139. The molecule has 0 aliphatic rings. The lowest BCUT2D eigenvalue weighted by Gasteiger charge is -2.27. The minimum absolute atomic E-state index is 0.0890. The van der Waals surface area contributed by atoms with Crippen LogP contribution in [0, 0.1) is 0 Å². The van der Waals surface area contributed by atoms with Gasteiger partial charge in [0.15, 0.2) is 0 Å². The highest BCUT2D eigenvalue weighted by Gasteiger charge is 2.26. The second kappa shape index (κ2) is 13.3. The molecule has 0 atom stereocenters. The van der Waals surface area contributed by atoms with Crippen molar-refractivity contribution in [3.8, 4) is 16.9 Å². The predicted molar refractivity (Wildman–Crippen MR) is 218 cm³/mol. The van der Waals surface area contributed by atoms with Crippen LogP contribution in [0.3, 0.4) is 0 Å². The summed E-state index contributed by atoms with van der Waals surface area (Å²) in [4.78, 5) is 5.29. The zero-order chi connectivity index (χ0) is 35.0. The van der Waals surface area contributed by atoms with E-state index in [4.69, 9.17) is 4.99 Å². The van der Waals surface area contributed by atoms with Crippen LogP contribution in [0.1, 0.15) is 58.2 Å². The minimum Gasteiger partial charge on any atom is -0.507 e. The molecule has 0 saturated carbocycles. The molecule has 0 bridgehead atoms. The molecule has 0 fully saturated rings. The van der Waals surface area contributed by atoms with Gasteiger partial charge in [0.25, 0.3) is 0 Å². The smallest absolute Gasteiger partial charge is 0.128 e. The molecule has 1 N–H and O–H groups in total. The van der Waals surface area contributed by atoms with Crippen molar-refractivity contribution in [1.29, 1.82) is 0 Å². The first-order chi connectivity index (χ1) is 24.0. The molecular formula is C47H44NOP. The molecule has 0 aromatic heterocycles. The van der Waals surface area contributed by atoms with Gasteiger partial charge in [-0.05, 0) is 73.9 Å². The molecule has 50 heavy (non-hydrogen) atoms. The number of phenolic OH excluding ortho intramolecular Hbond substituents is 1. The van der Waals surface area contributed by atoms with Gasteiger partial charge in [-0.25, -0.2) is 0 Å². The molecule has 3 heteroatoms. The maximum atomic E-state index is 11.7. The number of rotatable bonds is 6. The molecule has 248 valence electrons. The Balaban J connectivity index is 1.54. The van der Waals surface area contributed by atoms with Crippen molar-refractivity contribution in [1.82, 2.24) is 0 Å². The minimum atomic E-state index is -0.916. The third kappa shape index (κ3) is 6.49. The Kier molecular flexibility index (Phi) is 8.93. The molecule has 0 spiro atoms. The van der Waals surface area contributed by atoms with Crippen molar-refractivity contribution in [3.63, 3.8) is 0 Å². The molecule has 7 aromatic carbocycles. The van der Waals surface area contributed by atoms with Crippen LogP contribution in [0.5, 0.6) is 5.75 Å². The topological polar surface area (TPSA) is 32.6 Å². The number of benzene rings is 7. The van der Waals surface area contributed by atoms with Crippen LogP contribution in [-0.2, 0) is 10.8 Å². The average molecular weight is 670 g/mol.